The Morgan fingerprint density at radius 1 is 1.25 bits per heavy atom. The van der Waals surface area contributed by atoms with Crippen molar-refractivity contribution in [2.24, 2.45) is 5.73 Å². The van der Waals surface area contributed by atoms with Crippen LogP contribution in [-0.2, 0) is 9.59 Å². The molecule has 0 radical (unpaired) electrons. The Morgan fingerprint density at radius 3 is 2.35 bits per heavy atom. The topological polar surface area (TPSA) is 101 Å². The van der Waals surface area contributed by atoms with Crippen molar-refractivity contribution in [3.05, 3.63) is 31.3 Å². The van der Waals surface area contributed by atoms with Crippen molar-refractivity contribution in [3.8, 4) is 0 Å². The lowest BCUT2D eigenvalue weighted by molar-refractivity contribution is -0.138. The first-order valence-electron chi connectivity index (χ1n) is 5.16. The van der Waals surface area contributed by atoms with Crippen molar-refractivity contribution < 1.29 is 19.5 Å². The number of amides is 2. The van der Waals surface area contributed by atoms with E-state index in [1.807, 2.05) is 22.6 Å². The van der Waals surface area contributed by atoms with Gasteiger partial charge in [0.05, 0.1) is 10.6 Å². The number of carboxylic acid groups (broad SMARTS) is 1. The molecule has 0 heterocycles. The van der Waals surface area contributed by atoms with E-state index in [9.17, 15) is 14.4 Å². The number of nitrogens with zero attached hydrogens (tertiary/aromatic N) is 1. The number of primary amides is 1. The number of benzene rings is 1. The summed E-state index contributed by atoms with van der Waals surface area (Å²) in [4.78, 5) is 34.8. The molecule has 1 rings (SSSR count). The van der Waals surface area contributed by atoms with Gasteiger partial charge in [-0.1, -0.05) is 23.2 Å². The first-order valence-corrected chi connectivity index (χ1v) is 6.99. The van der Waals surface area contributed by atoms with Crippen LogP contribution in [0.4, 0.5) is 0 Å². The molecular formula is C11H9Cl2IN2O4. The highest BCUT2D eigenvalue weighted by atomic mass is 127. The second kappa shape index (κ2) is 7.09. The van der Waals surface area contributed by atoms with Crippen molar-refractivity contribution in [1.82, 2.24) is 4.90 Å². The lowest BCUT2D eigenvalue weighted by atomic mass is 10.2. The van der Waals surface area contributed by atoms with E-state index in [-0.39, 0.29) is 15.6 Å². The number of rotatable bonds is 5. The Labute approximate surface area is 138 Å². The number of halogens is 3. The van der Waals surface area contributed by atoms with Crippen molar-refractivity contribution in [3.63, 3.8) is 0 Å². The van der Waals surface area contributed by atoms with Crippen LogP contribution in [0.5, 0.6) is 0 Å². The van der Waals surface area contributed by atoms with Gasteiger partial charge in [-0.2, -0.15) is 0 Å². The zero-order valence-corrected chi connectivity index (χ0v) is 13.6. The van der Waals surface area contributed by atoms with Gasteiger partial charge >= 0.3 is 5.97 Å². The van der Waals surface area contributed by atoms with Gasteiger partial charge < -0.3 is 15.7 Å². The minimum Gasteiger partial charge on any atom is -0.480 e. The highest BCUT2D eigenvalue weighted by Gasteiger charge is 2.23. The fourth-order valence-corrected chi connectivity index (χ4v) is 2.47. The van der Waals surface area contributed by atoms with Crippen molar-refractivity contribution in [1.29, 1.82) is 0 Å². The fourth-order valence-electron chi connectivity index (χ4n) is 1.43. The molecule has 20 heavy (non-hydrogen) atoms. The molecular weight excluding hydrogens is 422 g/mol. The van der Waals surface area contributed by atoms with Crippen LogP contribution in [0.3, 0.4) is 0 Å². The van der Waals surface area contributed by atoms with Crippen LogP contribution in [0.25, 0.3) is 0 Å². The zero-order chi connectivity index (χ0) is 15.4. The molecule has 108 valence electrons. The molecule has 0 unspecified atom stereocenters. The SMILES string of the molecule is NC(=O)CN(CC(=O)O)C(=O)c1cc(Cl)cc(Cl)c1I. The Bertz CT molecular complexity index is 564. The largest absolute Gasteiger partial charge is 0.480 e. The van der Waals surface area contributed by atoms with Crippen LogP contribution >= 0.6 is 45.8 Å². The van der Waals surface area contributed by atoms with Gasteiger partial charge in [0.15, 0.2) is 0 Å². The molecule has 0 fully saturated rings. The summed E-state index contributed by atoms with van der Waals surface area (Å²) < 4.78 is 0.415. The summed E-state index contributed by atoms with van der Waals surface area (Å²) >= 11 is 13.6. The first kappa shape index (κ1) is 17.0. The summed E-state index contributed by atoms with van der Waals surface area (Å²) in [7, 11) is 0. The molecule has 0 aliphatic heterocycles. The maximum absolute atomic E-state index is 12.3. The van der Waals surface area contributed by atoms with E-state index in [0.29, 0.717) is 3.57 Å². The molecule has 1 aromatic carbocycles. The van der Waals surface area contributed by atoms with E-state index in [2.05, 4.69) is 0 Å². The molecule has 6 nitrogen and oxygen atoms in total. The standard InChI is InChI=1S/C11H9Cl2IN2O4/c12-5-1-6(10(14)7(13)2-5)11(20)16(3-8(15)17)4-9(18)19/h1-2H,3-4H2,(H2,15,17)(H,18,19). The Hall–Kier alpha value is -1.06. The van der Waals surface area contributed by atoms with E-state index < -0.39 is 30.9 Å². The summed E-state index contributed by atoms with van der Waals surface area (Å²) in [6.07, 6.45) is 0. The number of carbonyl (C=O) groups excluding carboxylic acids is 2. The summed E-state index contributed by atoms with van der Waals surface area (Å²) in [5, 5.41) is 9.26. The van der Waals surface area contributed by atoms with E-state index in [1.54, 1.807) is 0 Å². The van der Waals surface area contributed by atoms with Gasteiger partial charge in [-0.3, -0.25) is 14.4 Å². The molecule has 0 atom stereocenters. The van der Waals surface area contributed by atoms with Gasteiger partial charge in [-0.25, -0.2) is 0 Å². The monoisotopic (exact) mass is 430 g/mol. The van der Waals surface area contributed by atoms with Crippen molar-refractivity contribution in [2.45, 2.75) is 0 Å². The highest BCUT2D eigenvalue weighted by Crippen LogP contribution is 2.27. The van der Waals surface area contributed by atoms with Crippen LogP contribution in [-0.4, -0.2) is 40.9 Å². The zero-order valence-electron chi connectivity index (χ0n) is 9.90. The Balaban J connectivity index is 3.17. The van der Waals surface area contributed by atoms with E-state index in [4.69, 9.17) is 34.0 Å². The number of hydrogen-bond acceptors (Lipinski definition) is 3. The predicted octanol–water partition coefficient (Wildman–Crippen LogP) is 1.61. The highest BCUT2D eigenvalue weighted by molar-refractivity contribution is 14.1. The fraction of sp³-hybridized carbons (Fsp3) is 0.182. The third-order valence-electron chi connectivity index (χ3n) is 2.18. The molecule has 0 spiro atoms. The second-order valence-electron chi connectivity index (χ2n) is 3.77. The number of hydrogen-bond donors (Lipinski definition) is 2. The van der Waals surface area contributed by atoms with Crippen LogP contribution < -0.4 is 5.73 Å². The third-order valence-corrected chi connectivity index (χ3v) is 4.18. The minimum absolute atomic E-state index is 0.116. The lowest BCUT2D eigenvalue weighted by Gasteiger charge is -2.20. The first-order chi connectivity index (χ1) is 9.22. The minimum atomic E-state index is -1.26. The quantitative estimate of drug-likeness (QED) is 0.547. The second-order valence-corrected chi connectivity index (χ2v) is 5.69. The van der Waals surface area contributed by atoms with Gasteiger partial charge in [0.25, 0.3) is 5.91 Å². The average molecular weight is 431 g/mol. The van der Waals surface area contributed by atoms with Gasteiger partial charge in [0.2, 0.25) is 5.91 Å². The smallest absolute Gasteiger partial charge is 0.323 e. The molecule has 9 heteroatoms. The Morgan fingerprint density at radius 2 is 1.85 bits per heavy atom. The number of aliphatic carboxylic acids is 1. The molecule has 3 N–H and O–H groups in total. The lowest BCUT2D eigenvalue weighted by Crippen LogP contribution is -2.41. The van der Waals surface area contributed by atoms with Gasteiger partial charge in [0, 0.05) is 8.59 Å². The summed E-state index contributed by atoms with van der Waals surface area (Å²) in [6.45, 7) is -1.16. The molecule has 0 saturated heterocycles. The van der Waals surface area contributed by atoms with Crippen molar-refractivity contribution in [2.75, 3.05) is 13.1 Å². The van der Waals surface area contributed by atoms with Gasteiger partial charge in [-0.05, 0) is 34.7 Å². The van der Waals surface area contributed by atoms with Gasteiger partial charge in [-0.15, -0.1) is 0 Å². The average Bonchev–Trinajstić information content (AvgIpc) is 2.30. The third kappa shape index (κ3) is 4.50. The van der Waals surface area contributed by atoms with Crippen LogP contribution in [0.15, 0.2) is 12.1 Å². The normalized spacial score (nSPS) is 10.2. The summed E-state index contributed by atoms with van der Waals surface area (Å²) in [5.74, 6) is -2.76. The van der Waals surface area contributed by atoms with E-state index >= 15 is 0 Å². The van der Waals surface area contributed by atoms with E-state index in [1.165, 1.54) is 12.1 Å². The molecule has 2 amide bonds. The number of carbonyl (C=O) groups is 3. The van der Waals surface area contributed by atoms with Crippen LogP contribution in [0, 0.1) is 3.57 Å². The summed E-state index contributed by atoms with van der Waals surface area (Å²) in [6, 6.07) is 2.81. The predicted molar refractivity (Wildman–Crippen MR) is 81.9 cm³/mol. The number of carboxylic acids is 1. The molecule has 0 bridgehead atoms. The molecule has 0 aliphatic rings. The van der Waals surface area contributed by atoms with Crippen molar-refractivity contribution >= 4 is 63.6 Å². The van der Waals surface area contributed by atoms with Crippen LogP contribution in [0.2, 0.25) is 10.0 Å². The summed E-state index contributed by atoms with van der Waals surface area (Å²) in [5.41, 5.74) is 5.12. The van der Waals surface area contributed by atoms with Crippen LogP contribution in [0.1, 0.15) is 10.4 Å². The molecule has 0 aliphatic carbocycles. The van der Waals surface area contributed by atoms with E-state index in [0.717, 1.165) is 4.90 Å². The van der Waals surface area contributed by atoms with Gasteiger partial charge in [0.1, 0.15) is 13.1 Å². The molecule has 1 aromatic rings. The molecule has 0 saturated carbocycles. The number of nitrogens with two attached hydrogens (primary N) is 1. The maximum Gasteiger partial charge on any atom is 0.323 e. The Kier molecular flexibility index (Phi) is 6.03. The maximum atomic E-state index is 12.3. The molecule has 0 aromatic heterocycles.